The first-order valence-electron chi connectivity index (χ1n) is 7.12. The number of nitrogens with zero attached hydrogens (tertiary/aromatic N) is 3. The van der Waals surface area contributed by atoms with E-state index in [9.17, 15) is 13.2 Å². The van der Waals surface area contributed by atoms with Crippen molar-refractivity contribution in [1.82, 2.24) is 4.98 Å². The van der Waals surface area contributed by atoms with E-state index in [1.807, 2.05) is 11.0 Å². The Morgan fingerprint density at radius 1 is 1.33 bits per heavy atom. The molecular formula is C15H16F3N3. The van der Waals surface area contributed by atoms with Crippen molar-refractivity contribution in [2.75, 3.05) is 18.0 Å². The number of halogens is 3. The van der Waals surface area contributed by atoms with Gasteiger partial charge in [0.25, 0.3) is 0 Å². The molecule has 2 fully saturated rings. The van der Waals surface area contributed by atoms with Gasteiger partial charge in [-0.25, -0.2) is 4.98 Å². The van der Waals surface area contributed by atoms with Gasteiger partial charge in [0, 0.05) is 19.3 Å². The molecule has 0 aromatic carbocycles. The molecule has 3 rings (SSSR count). The third kappa shape index (κ3) is 2.45. The van der Waals surface area contributed by atoms with Crippen LogP contribution in [0.2, 0.25) is 0 Å². The predicted octanol–water partition coefficient (Wildman–Crippen LogP) is 3.51. The first-order chi connectivity index (χ1) is 9.94. The molecule has 0 amide bonds. The van der Waals surface area contributed by atoms with Crippen LogP contribution in [-0.2, 0) is 0 Å². The van der Waals surface area contributed by atoms with Gasteiger partial charge in [-0.2, -0.15) is 18.4 Å². The molecule has 1 saturated heterocycles. The fraction of sp³-hybridized carbons (Fsp3) is 0.600. The molecule has 3 nitrogen and oxygen atoms in total. The Morgan fingerprint density at radius 3 is 2.57 bits per heavy atom. The number of piperidine rings is 1. The van der Waals surface area contributed by atoms with Crippen LogP contribution < -0.4 is 4.90 Å². The third-order valence-corrected chi connectivity index (χ3v) is 4.88. The molecular weight excluding hydrogens is 279 g/mol. The maximum Gasteiger partial charge on any atom is 0.392 e. The van der Waals surface area contributed by atoms with Crippen LogP contribution in [0.25, 0.3) is 0 Å². The molecule has 1 aliphatic carbocycles. The largest absolute Gasteiger partial charge is 0.392 e. The SMILES string of the molecule is N#Cc1ccc(N2CCC(C(F)(F)F)C3(CCC3)C2)nc1. The van der Waals surface area contributed by atoms with Gasteiger partial charge < -0.3 is 4.90 Å². The van der Waals surface area contributed by atoms with E-state index >= 15 is 0 Å². The molecule has 1 spiro atoms. The molecule has 0 bridgehead atoms. The molecule has 1 aromatic rings. The minimum Gasteiger partial charge on any atom is -0.356 e. The zero-order valence-corrected chi connectivity index (χ0v) is 11.5. The van der Waals surface area contributed by atoms with Gasteiger partial charge in [0.05, 0.1) is 11.5 Å². The average Bonchev–Trinajstić information content (AvgIpc) is 2.44. The molecule has 21 heavy (non-hydrogen) atoms. The molecule has 0 radical (unpaired) electrons. The second kappa shape index (κ2) is 4.90. The molecule has 1 saturated carbocycles. The van der Waals surface area contributed by atoms with E-state index in [0.717, 1.165) is 6.42 Å². The summed E-state index contributed by atoms with van der Waals surface area (Å²) in [5.41, 5.74) is -0.172. The molecule has 1 aromatic heterocycles. The van der Waals surface area contributed by atoms with Crippen molar-refractivity contribution in [2.24, 2.45) is 11.3 Å². The zero-order chi connectivity index (χ0) is 15.1. The minimum atomic E-state index is -4.11. The molecule has 1 unspecified atom stereocenters. The zero-order valence-electron chi connectivity index (χ0n) is 11.5. The van der Waals surface area contributed by atoms with Gasteiger partial charge in [-0.3, -0.25) is 0 Å². The number of alkyl halides is 3. The summed E-state index contributed by atoms with van der Waals surface area (Å²) in [5.74, 6) is -0.519. The lowest BCUT2D eigenvalue weighted by molar-refractivity contribution is -0.225. The molecule has 2 heterocycles. The second-order valence-corrected chi connectivity index (χ2v) is 6.04. The Balaban J connectivity index is 1.80. The van der Waals surface area contributed by atoms with Gasteiger partial charge in [-0.1, -0.05) is 6.42 Å². The highest BCUT2D eigenvalue weighted by Gasteiger charge is 2.58. The molecule has 6 heteroatoms. The van der Waals surface area contributed by atoms with Crippen molar-refractivity contribution in [3.63, 3.8) is 0 Å². The summed E-state index contributed by atoms with van der Waals surface area (Å²) >= 11 is 0. The van der Waals surface area contributed by atoms with E-state index in [-0.39, 0.29) is 6.42 Å². The Kier molecular flexibility index (Phi) is 3.31. The van der Waals surface area contributed by atoms with E-state index in [1.54, 1.807) is 12.1 Å². The second-order valence-electron chi connectivity index (χ2n) is 6.04. The van der Waals surface area contributed by atoms with Gasteiger partial charge in [0.15, 0.2) is 0 Å². The summed E-state index contributed by atoms with van der Waals surface area (Å²) < 4.78 is 39.6. The molecule has 1 atom stereocenters. The van der Waals surface area contributed by atoms with Crippen molar-refractivity contribution in [1.29, 1.82) is 5.26 Å². The van der Waals surface area contributed by atoms with Gasteiger partial charge in [-0.05, 0) is 36.8 Å². The molecule has 0 N–H and O–H groups in total. The Labute approximate surface area is 121 Å². The first-order valence-corrected chi connectivity index (χ1v) is 7.12. The summed E-state index contributed by atoms with van der Waals surface area (Å²) in [6.07, 6.45) is -0.344. The van der Waals surface area contributed by atoms with Crippen molar-refractivity contribution < 1.29 is 13.2 Å². The summed E-state index contributed by atoms with van der Waals surface area (Å²) in [6.45, 7) is 0.779. The summed E-state index contributed by atoms with van der Waals surface area (Å²) in [5, 5.41) is 8.76. The number of pyridine rings is 1. The van der Waals surface area contributed by atoms with E-state index in [0.29, 0.717) is 37.3 Å². The Bertz CT molecular complexity index is 555. The summed E-state index contributed by atoms with van der Waals surface area (Å²) in [4.78, 5) is 6.14. The fourth-order valence-corrected chi connectivity index (χ4v) is 3.64. The lowest BCUT2D eigenvalue weighted by atomic mass is 9.58. The van der Waals surface area contributed by atoms with Crippen molar-refractivity contribution in [3.05, 3.63) is 23.9 Å². The predicted molar refractivity (Wildman–Crippen MR) is 71.6 cm³/mol. The molecule has 112 valence electrons. The van der Waals surface area contributed by atoms with Crippen LogP contribution in [0, 0.1) is 22.7 Å². The van der Waals surface area contributed by atoms with Crippen LogP contribution in [0.5, 0.6) is 0 Å². The summed E-state index contributed by atoms with van der Waals surface area (Å²) in [6, 6.07) is 5.37. The third-order valence-electron chi connectivity index (χ3n) is 4.88. The maximum atomic E-state index is 13.2. The van der Waals surface area contributed by atoms with Crippen molar-refractivity contribution in [3.8, 4) is 6.07 Å². The van der Waals surface area contributed by atoms with Crippen LogP contribution in [-0.4, -0.2) is 24.2 Å². The van der Waals surface area contributed by atoms with Gasteiger partial charge in [0.1, 0.15) is 11.9 Å². The number of nitriles is 1. The van der Waals surface area contributed by atoms with Gasteiger partial charge in [0.2, 0.25) is 0 Å². The highest BCUT2D eigenvalue weighted by Crippen LogP contribution is 2.56. The summed E-state index contributed by atoms with van der Waals surface area (Å²) in [7, 11) is 0. The standard InChI is InChI=1S/C15H16F3N3/c16-15(17,18)12-4-7-21(10-14(12)5-1-6-14)13-3-2-11(8-19)9-20-13/h2-3,9,12H,1,4-7,10H2. The van der Waals surface area contributed by atoms with E-state index in [4.69, 9.17) is 5.26 Å². The van der Waals surface area contributed by atoms with E-state index < -0.39 is 17.5 Å². The highest BCUT2D eigenvalue weighted by molar-refractivity contribution is 5.43. The number of hydrogen-bond donors (Lipinski definition) is 0. The molecule has 1 aliphatic heterocycles. The smallest absolute Gasteiger partial charge is 0.356 e. The number of anilines is 1. The average molecular weight is 295 g/mol. The lowest BCUT2D eigenvalue weighted by Gasteiger charge is -2.54. The van der Waals surface area contributed by atoms with Crippen molar-refractivity contribution in [2.45, 2.75) is 31.9 Å². The van der Waals surface area contributed by atoms with Crippen molar-refractivity contribution >= 4 is 5.82 Å². The first kappa shape index (κ1) is 14.2. The van der Waals surface area contributed by atoms with E-state index in [1.165, 1.54) is 6.20 Å². The Hall–Kier alpha value is -1.77. The maximum absolute atomic E-state index is 13.2. The number of hydrogen-bond acceptors (Lipinski definition) is 3. The number of aromatic nitrogens is 1. The van der Waals surface area contributed by atoms with E-state index in [2.05, 4.69) is 4.98 Å². The fourth-order valence-electron chi connectivity index (χ4n) is 3.64. The van der Waals surface area contributed by atoms with Crippen LogP contribution >= 0.6 is 0 Å². The highest BCUT2D eigenvalue weighted by atomic mass is 19.4. The minimum absolute atomic E-state index is 0.130. The molecule has 2 aliphatic rings. The van der Waals surface area contributed by atoms with Crippen LogP contribution in [0.3, 0.4) is 0 Å². The van der Waals surface area contributed by atoms with Gasteiger partial charge in [-0.15, -0.1) is 0 Å². The monoisotopic (exact) mass is 295 g/mol. The van der Waals surface area contributed by atoms with Gasteiger partial charge >= 0.3 is 6.18 Å². The normalized spacial score (nSPS) is 24.5. The van der Waals surface area contributed by atoms with Crippen LogP contribution in [0.1, 0.15) is 31.2 Å². The quantitative estimate of drug-likeness (QED) is 0.796. The van der Waals surface area contributed by atoms with Crippen LogP contribution in [0.15, 0.2) is 18.3 Å². The van der Waals surface area contributed by atoms with Crippen LogP contribution in [0.4, 0.5) is 19.0 Å². The Morgan fingerprint density at radius 2 is 2.10 bits per heavy atom. The lowest BCUT2D eigenvalue weighted by Crippen LogP contribution is -2.56. The number of rotatable bonds is 1. The topological polar surface area (TPSA) is 39.9 Å².